The summed E-state index contributed by atoms with van der Waals surface area (Å²) >= 11 is 0. The molecule has 0 heterocycles. The molecule has 0 N–H and O–H groups in total. The SMILES string of the molecule is CCC(S(C)(=O)=O)S(=O)(=O)CC(C)C(C)C. The fourth-order valence-electron chi connectivity index (χ4n) is 1.49. The van der Waals surface area contributed by atoms with E-state index in [0.717, 1.165) is 6.26 Å². The highest BCUT2D eigenvalue weighted by Gasteiger charge is 2.34. The second-order valence-corrected chi connectivity index (χ2v) is 9.47. The predicted molar refractivity (Wildman–Crippen MR) is 66.7 cm³/mol. The Morgan fingerprint density at radius 2 is 1.44 bits per heavy atom. The lowest BCUT2D eigenvalue weighted by atomic mass is 10.0. The van der Waals surface area contributed by atoms with Crippen LogP contribution in [0.2, 0.25) is 0 Å². The van der Waals surface area contributed by atoms with Gasteiger partial charge in [0.05, 0.1) is 5.75 Å². The fourth-order valence-corrected chi connectivity index (χ4v) is 6.30. The first kappa shape index (κ1) is 15.9. The molecule has 0 aliphatic carbocycles. The van der Waals surface area contributed by atoms with E-state index in [0.29, 0.717) is 0 Å². The average Bonchev–Trinajstić information content (AvgIpc) is 1.99. The van der Waals surface area contributed by atoms with Crippen molar-refractivity contribution in [3.05, 3.63) is 0 Å². The molecule has 0 saturated carbocycles. The van der Waals surface area contributed by atoms with Gasteiger partial charge in [0.2, 0.25) is 0 Å². The minimum Gasteiger partial charge on any atom is -0.228 e. The Hall–Kier alpha value is -0.100. The monoisotopic (exact) mass is 270 g/mol. The van der Waals surface area contributed by atoms with E-state index in [1.54, 1.807) is 6.92 Å². The van der Waals surface area contributed by atoms with Crippen LogP contribution in [0.3, 0.4) is 0 Å². The molecule has 0 aromatic carbocycles. The Labute approximate surface area is 99.3 Å². The lowest BCUT2D eigenvalue weighted by Crippen LogP contribution is -2.33. The van der Waals surface area contributed by atoms with Crippen molar-refractivity contribution in [1.82, 2.24) is 0 Å². The van der Waals surface area contributed by atoms with Crippen LogP contribution in [0, 0.1) is 11.8 Å². The molecule has 6 heteroatoms. The van der Waals surface area contributed by atoms with Gasteiger partial charge in [0.25, 0.3) is 0 Å². The Bertz CT molecular complexity index is 406. The first-order valence-corrected chi connectivity index (χ1v) is 9.09. The van der Waals surface area contributed by atoms with Gasteiger partial charge in [-0.05, 0) is 18.3 Å². The summed E-state index contributed by atoms with van der Waals surface area (Å²) in [5.74, 6) is 0.142. The average molecular weight is 270 g/mol. The van der Waals surface area contributed by atoms with Gasteiger partial charge in [0.15, 0.2) is 24.3 Å². The van der Waals surface area contributed by atoms with Crippen molar-refractivity contribution in [3.8, 4) is 0 Å². The topological polar surface area (TPSA) is 68.3 Å². The third-order valence-electron chi connectivity index (χ3n) is 2.84. The molecule has 0 spiro atoms. The van der Waals surface area contributed by atoms with E-state index in [9.17, 15) is 16.8 Å². The van der Waals surface area contributed by atoms with Crippen molar-refractivity contribution in [2.24, 2.45) is 11.8 Å². The van der Waals surface area contributed by atoms with Crippen molar-refractivity contribution >= 4 is 19.7 Å². The van der Waals surface area contributed by atoms with Crippen molar-refractivity contribution in [1.29, 1.82) is 0 Å². The minimum absolute atomic E-state index is 0.0270. The fraction of sp³-hybridized carbons (Fsp3) is 1.00. The summed E-state index contributed by atoms with van der Waals surface area (Å²) in [4.78, 5) is 0. The van der Waals surface area contributed by atoms with Crippen molar-refractivity contribution in [3.63, 3.8) is 0 Å². The Balaban J connectivity index is 5.06. The van der Waals surface area contributed by atoms with Crippen LogP contribution < -0.4 is 0 Å². The first-order valence-electron chi connectivity index (χ1n) is 5.42. The van der Waals surface area contributed by atoms with E-state index in [-0.39, 0.29) is 24.0 Å². The Morgan fingerprint density at radius 3 is 1.69 bits per heavy atom. The molecule has 0 fully saturated rings. The van der Waals surface area contributed by atoms with Crippen LogP contribution >= 0.6 is 0 Å². The summed E-state index contributed by atoms with van der Waals surface area (Å²) in [7, 11) is -7.09. The molecular formula is C10H22O4S2. The standard InChI is InChI=1S/C10H22O4S2/c1-6-10(15(5,11)12)16(13,14)7-9(4)8(2)3/h8-10H,6-7H2,1-5H3. The highest BCUT2D eigenvalue weighted by Crippen LogP contribution is 2.20. The van der Waals surface area contributed by atoms with Crippen LogP contribution in [0.25, 0.3) is 0 Å². The zero-order valence-electron chi connectivity index (χ0n) is 10.6. The van der Waals surface area contributed by atoms with Gasteiger partial charge in [-0.25, -0.2) is 16.8 Å². The van der Waals surface area contributed by atoms with Gasteiger partial charge in [-0.3, -0.25) is 0 Å². The quantitative estimate of drug-likeness (QED) is 0.733. The summed E-state index contributed by atoms with van der Waals surface area (Å²) in [5.41, 5.74) is 0. The zero-order valence-corrected chi connectivity index (χ0v) is 12.2. The molecule has 0 saturated heterocycles. The molecule has 98 valence electrons. The van der Waals surface area contributed by atoms with E-state index in [1.807, 2.05) is 20.8 Å². The van der Waals surface area contributed by atoms with Gasteiger partial charge < -0.3 is 0 Å². The van der Waals surface area contributed by atoms with Gasteiger partial charge in [0.1, 0.15) is 0 Å². The maximum absolute atomic E-state index is 11.9. The third-order valence-corrected chi connectivity index (χ3v) is 8.19. The van der Waals surface area contributed by atoms with Crippen LogP contribution in [0.1, 0.15) is 34.1 Å². The van der Waals surface area contributed by atoms with Gasteiger partial charge in [-0.15, -0.1) is 0 Å². The minimum atomic E-state index is -3.56. The van der Waals surface area contributed by atoms with Gasteiger partial charge in [0, 0.05) is 6.26 Å². The summed E-state index contributed by atoms with van der Waals surface area (Å²) in [6, 6.07) is 0. The maximum Gasteiger partial charge on any atom is 0.167 e. The van der Waals surface area contributed by atoms with Gasteiger partial charge in [-0.2, -0.15) is 0 Å². The summed E-state index contributed by atoms with van der Waals surface area (Å²) in [6.45, 7) is 7.28. The van der Waals surface area contributed by atoms with Gasteiger partial charge >= 0.3 is 0 Å². The highest BCUT2D eigenvalue weighted by molar-refractivity contribution is 8.08. The normalized spacial score (nSPS) is 17.4. The molecule has 0 aromatic heterocycles. The van der Waals surface area contributed by atoms with Crippen LogP contribution in [0.15, 0.2) is 0 Å². The molecular weight excluding hydrogens is 248 g/mol. The maximum atomic E-state index is 11.9. The van der Waals surface area contributed by atoms with Crippen molar-refractivity contribution in [2.45, 2.75) is 38.7 Å². The third kappa shape index (κ3) is 4.41. The molecule has 0 bridgehead atoms. The second-order valence-electron chi connectivity index (χ2n) is 4.72. The molecule has 0 amide bonds. The molecule has 16 heavy (non-hydrogen) atoms. The number of hydrogen-bond acceptors (Lipinski definition) is 4. The summed E-state index contributed by atoms with van der Waals surface area (Å²) in [5, 5.41) is 0. The summed E-state index contributed by atoms with van der Waals surface area (Å²) in [6.07, 6.45) is 1.10. The Morgan fingerprint density at radius 1 is 1.00 bits per heavy atom. The zero-order chi connectivity index (χ0) is 13.1. The van der Waals surface area contributed by atoms with Gasteiger partial charge in [-0.1, -0.05) is 27.7 Å². The van der Waals surface area contributed by atoms with E-state index >= 15 is 0 Å². The smallest absolute Gasteiger partial charge is 0.167 e. The van der Waals surface area contributed by atoms with E-state index in [2.05, 4.69) is 0 Å². The molecule has 0 radical (unpaired) electrons. The molecule has 4 nitrogen and oxygen atoms in total. The molecule has 0 aliphatic heterocycles. The highest BCUT2D eigenvalue weighted by atomic mass is 32.3. The van der Waals surface area contributed by atoms with Crippen LogP contribution in [0.5, 0.6) is 0 Å². The van der Waals surface area contributed by atoms with E-state index < -0.39 is 24.3 Å². The lowest BCUT2D eigenvalue weighted by Gasteiger charge is -2.19. The Kier molecular flexibility index (Phi) is 5.46. The van der Waals surface area contributed by atoms with E-state index in [4.69, 9.17) is 0 Å². The van der Waals surface area contributed by atoms with Crippen molar-refractivity contribution < 1.29 is 16.8 Å². The number of rotatable bonds is 6. The predicted octanol–water partition coefficient (Wildman–Crippen LogP) is 1.47. The lowest BCUT2D eigenvalue weighted by molar-refractivity contribution is 0.451. The summed E-state index contributed by atoms with van der Waals surface area (Å²) < 4.78 is 45.4. The van der Waals surface area contributed by atoms with E-state index in [1.165, 1.54) is 0 Å². The molecule has 0 aliphatic rings. The number of sulfone groups is 2. The van der Waals surface area contributed by atoms with Crippen LogP contribution in [-0.2, 0) is 19.7 Å². The van der Waals surface area contributed by atoms with Crippen LogP contribution in [0.4, 0.5) is 0 Å². The molecule has 2 atom stereocenters. The molecule has 2 unspecified atom stereocenters. The molecule has 0 rings (SSSR count). The number of hydrogen-bond donors (Lipinski definition) is 0. The van der Waals surface area contributed by atoms with Crippen molar-refractivity contribution in [2.75, 3.05) is 12.0 Å². The first-order chi connectivity index (χ1) is 7.02. The molecule has 0 aromatic rings. The largest absolute Gasteiger partial charge is 0.228 e. The van der Waals surface area contributed by atoms with Crippen LogP contribution in [-0.4, -0.2) is 33.4 Å². The second kappa shape index (κ2) is 5.49.